The van der Waals surface area contributed by atoms with Crippen molar-refractivity contribution in [3.63, 3.8) is 0 Å². The Morgan fingerprint density at radius 2 is 1.94 bits per heavy atom. The van der Waals surface area contributed by atoms with Crippen molar-refractivity contribution in [3.8, 4) is 0 Å². The van der Waals surface area contributed by atoms with Crippen LogP contribution in [-0.2, 0) is 11.2 Å². The molecule has 0 aromatic carbocycles. The predicted molar refractivity (Wildman–Crippen MR) is 73.4 cm³/mol. The third-order valence-corrected chi connectivity index (χ3v) is 2.62. The molecule has 102 valence electrons. The minimum Gasteiger partial charge on any atom is -0.349 e. The summed E-state index contributed by atoms with van der Waals surface area (Å²) in [5.41, 5.74) is -0.451. The highest BCUT2D eigenvalue weighted by Gasteiger charge is 2.32. The van der Waals surface area contributed by atoms with Crippen molar-refractivity contribution >= 4 is 5.78 Å². The minimum absolute atomic E-state index is 0.0990. The number of hydrogen-bond donors (Lipinski definition) is 2. The maximum atomic E-state index is 12.5. The lowest BCUT2D eigenvalue weighted by Crippen LogP contribution is -2.52. The lowest BCUT2D eigenvalue weighted by molar-refractivity contribution is -0.129. The average Bonchev–Trinajstić information content (AvgIpc) is 2.64. The second-order valence-electron chi connectivity index (χ2n) is 6.80. The third-order valence-electron chi connectivity index (χ3n) is 2.62. The van der Waals surface area contributed by atoms with E-state index in [1.807, 2.05) is 20.8 Å². The van der Waals surface area contributed by atoms with E-state index in [4.69, 9.17) is 0 Å². The molecule has 0 bridgehead atoms. The number of carbonyl (C=O) groups excluding carboxylic acids is 1. The molecular formula is C14H25N3O. The van der Waals surface area contributed by atoms with Gasteiger partial charge in [0.25, 0.3) is 0 Å². The molecule has 0 aliphatic heterocycles. The van der Waals surface area contributed by atoms with Crippen molar-refractivity contribution in [2.75, 3.05) is 0 Å². The molecule has 1 heterocycles. The number of rotatable bonds is 4. The van der Waals surface area contributed by atoms with Crippen LogP contribution in [0.3, 0.4) is 0 Å². The highest BCUT2D eigenvalue weighted by atomic mass is 16.1. The predicted octanol–water partition coefficient (Wildman–Crippen LogP) is 2.32. The molecule has 0 saturated carbocycles. The van der Waals surface area contributed by atoms with Gasteiger partial charge in [0.05, 0.1) is 6.04 Å². The van der Waals surface area contributed by atoms with Crippen molar-refractivity contribution < 1.29 is 4.79 Å². The number of carbonyl (C=O) groups is 1. The summed E-state index contributed by atoms with van der Waals surface area (Å²) in [5.74, 6) is 1.06. The Morgan fingerprint density at radius 3 is 2.33 bits per heavy atom. The molecule has 0 fully saturated rings. The summed E-state index contributed by atoms with van der Waals surface area (Å²) in [6.07, 6.45) is 4.09. The average molecular weight is 251 g/mol. The number of ketones is 1. The van der Waals surface area contributed by atoms with Gasteiger partial charge in [0, 0.05) is 29.8 Å². The number of nitrogens with zero attached hydrogens (tertiary/aromatic N) is 1. The number of imidazole rings is 1. The van der Waals surface area contributed by atoms with Gasteiger partial charge in [-0.05, 0) is 20.8 Å². The molecule has 18 heavy (non-hydrogen) atoms. The van der Waals surface area contributed by atoms with E-state index in [1.165, 1.54) is 0 Å². The van der Waals surface area contributed by atoms with Crippen LogP contribution < -0.4 is 5.32 Å². The molecule has 1 atom stereocenters. The minimum atomic E-state index is -0.352. The number of H-pyrrole nitrogens is 1. The summed E-state index contributed by atoms with van der Waals surface area (Å²) < 4.78 is 0. The van der Waals surface area contributed by atoms with Gasteiger partial charge in [-0.2, -0.15) is 0 Å². The van der Waals surface area contributed by atoms with Gasteiger partial charge in [-0.25, -0.2) is 4.98 Å². The molecule has 1 rings (SSSR count). The van der Waals surface area contributed by atoms with E-state index < -0.39 is 0 Å². The van der Waals surface area contributed by atoms with Gasteiger partial charge in [0.1, 0.15) is 5.82 Å². The van der Waals surface area contributed by atoms with E-state index in [0.29, 0.717) is 6.42 Å². The molecule has 0 aliphatic rings. The number of Topliss-reactive ketones (excluding diaryl/α,β-unsaturated/α-hetero) is 1. The van der Waals surface area contributed by atoms with Crippen LogP contribution in [0, 0.1) is 5.41 Å². The van der Waals surface area contributed by atoms with E-state index >= 15 is 0 Å². The van der Waals surface area contributed by atoms with Crippen LogP contribution in [0.4, 0.5) is 0 Å². The van der Waals surface area contributed by atoms with E-state index in [9.17, 15) is 4.79 Å². The van der Waals surface area contributed by atoms with Gasteiger partial charge in [-0.1, -0.05) is 20.8 Å². The van der Waals surface area contributed by atoms with Crippen LogP contribution in [0.2, 0.25) is 0 Å². The van der Waals surface area contributed by atoms with Crippen molar-refractivity contribution in [2.24, 2.45) is 5.41 Å². The summed E-state index contributed by atoms with van der Waals surface area (Å²) in [7, 11) is 0. The van der Waals surface area contributed by atoms with Crippen LogP contribution in [0.1, 0.15) is 47.4 Å². The van der Waals surface area contributed by atoms with Crippen molar-refractivity contribution in [3.05, 3.63) is 18.2 Å². The number of aromatic amines is 1. The molecule has 1 aromatic rings. The van der Waals surface area contributed by atoms with E-state index in [0.717, 1.165) is 5.82 Å². The summed E-state index contributed by atoms with van der Waals surface area (Å²) in [5, 5.41) is 3.39. The zero-order valence-electron chi connectivity index (χ0n) is 12.3. The van der Waals surface area contributed by atoms with Crippen LogP contribution >= 0.6 is 0 Å². The molecule has 0 radical (unpaired) electrons. The molecule has 0 spiro atoms. The van der Waals surface area contributed by atoms with Gasteiger partial charge >= 0.3 is 0 Å². The first kappa shape index (κ1) is 14.9. The SMILES string of the molecule is CC(C)(C)N[C@@H](Cc1ncc[nH]1)C(=O)C(C)(C)C. The molecular weight excluding hydrogens is 226 g/mol. The normalized spacial score (nSPS) is 14.6. The maximum Gasteiger partial charge on any atom is 0.155 e. The second-order valence-corrected chi connectivity index (χ2v) is 6.80. The molecule has 1 aromatic heterocycles. The Hall–Kier alpha value is -1.16. The molecule has 0 unspecified atom stereocenters. The summed E-state index contributed by atoms with van der Waals surface area (Å²) >= 11 is 0. The molecule has 0 saturated heterocycles. The van der Waals surface area contributed by atoms with Crippen molar-refractivity contribution in [1.29, 1.82) is 0 Å². The largest absolute Gasteiger partial charge is 0.349 e. The summed E-state index contributed by atoms with van der Waals surface area (Å²) in [4.78, 5) is 19.7. The van der Waals surface area contributed by atoms with Gasteiger partial charge in [-0.15, -0.1) is 0 Å². The van der Waals surface area contributed by atoms with E-state index in [-0.39, 0.29) is 22.8 Å². The topological polar surface area (TPSA) is 57.8 Å². The van der Waals surface area contributed by atoms with Crippen molar-refractivity contribution in [2.45, 2.75) is 59.5 Å². The standard InChI is InChI=1S/C14H25N3O/c1-13(2,3)12(18)10(17-14(4,5)6)9-11-15-7-8-16-11/h7-8,10,17H,9H2,1-6H3,(H,15,16)/t10-/m0/s1. The molecule has 4 nitrogen and oxygen atoms in total. The fourth-order valence-corrected chi connectivity index (χ4v) is 1.86. The third kappa shape index (κ3) is 4.61. The Balaban J connectivity index is 2.85. The lowest BCUT2D eigenvalue weighted by atomic mass is 9.84. The first-order valence-corrected chi connectivity index (χ1v) is 6.40. The quantitative estimate of drug-likeness (QED) is 0.863. The number of nitrogens with one attached hydrogen (secondary N) is 2. The molecule has 4 heteroatoms. The Labute approximate surface area is 110 Å². The molecule has 0 amide bonds. The smallest absolute Gasteiger partial charge is 0.155 e. The van der Waals surface area contributed by atoms with E-state index in [2.05, 4.69) is 36.1 Å². The number of hydrogen-bond acceptors (Lipinski definition) is 3. The fraction of sp³-hybridized carbons (Fsp3) is 0.714. The lowest BCUT2D eigenvalue weighted by Gasteiger charge is -2.31. The first-order chi connectivity index (χ1) is 8.09. The Bertz CT molecular complexity index is 382. The van der Waals surface area contributed by atoms with Gasteiger partial charge in [0.15, 0.2) is 5.78 Å². The Morgan fingerprint density at radius 1 is 1.33 bits per heavy atom. The van der Waals surface area contributed by atoms with Gasteiger partial charge in [0.2, 0.25) is 0 Å². The van der Waals surface area contributed by atoms with Crippen LogP contribution in [0.25, 0.3) is 0 Å². The highest BCUT2D eigenvalue weighted by molar-refractivity contribution is 5.89. The van der Waals surface area contributed by atoms with Crippen molar-refractivity contribution in [1.82, 2.24) is 15.3 Å². The monoisotopic (exact) mass is 251 g/mol. The zero-order valence-corrected chi connectivity index (χ0v) is 12.3. The fourth-order valence-electron chi connectivity index (χ4n) is 1.86. The van der Waals surface area contributed by atoms with Crippen LogP contribution in [-0.4, -0.2) is 27.3 Å². The molecule has 0 aliphatic carbocycles. The summed E-state index contributed by atoms with van der Waals surface area (Å²) in [6, 6.07) is -0.212. The van der Waals surface area contributed by atoms with Crippen LogP contribution in [0.15, 0.2) is 12.4 Å². The van der Waals surface area contributed by atoms with Crippen LogP contribution in [0.5, 0.6) is 0 Å². The highest BCUT2D eigenvalue weighted by Crippen LogP contribution is 2.19. The van der Waals surface area contributed by atoms with Gasteiger partial charge in [-0.3, -0.25) is 4.79 Å². The zero-order chi connectivity index (χ0) is 14.0. The second kappa shape index (κ2) is 5.22. The first-order valence-electron chi connectivity index (χ1n) is 6.40. The Kier molecular flexibility index (Phi) is 4.32. The summed E-state index contributed by atoms with van der Waals surface area (Å²) in [6.45, 7) is 12.1. The molecule has 2 N–H and O–H groups in total. The number of aromatic nitrogens is 2. The van der Waals surface area contributed by atoms with Gasteiger partial charge < -0.3 is 10.3 Å². The van der Waals surface area contributed by atoms with E-state index in [1.54, 1.807) is 12.4 Å². The maximum absolute atomic E-state index is 12.5.